The highest BCUT2D eigenvalue weighted by molar-refractivity contribution is 7.89. The molecule has 0 fully saturated rings. The van der Waals surface area contributed by atoms with Gasteiger partial charge in [-0.15, -0.1) is 0 Å². The lowest BCUT2D eigenvalue weighted by Crippen LogP contribution is -2.32. The Morgan fingerprint density at radius 2 is 1.59 bits per heavy atom. The van der Waals surface area contributed by atoms with E-state index in [0.29, 0.717) is 6.54 Å². The van der Waals surface area contributed by atoms with Crippen molar-refractivity contribution in [2.75, 3.05) is 13.6 Å². The van der Waals surface area contributed by atoms with E-state index in [4.69, 9.17) is 0 Å². The van der Waals surface area contributed by atoms with E-state index in [-0.39, 0.29) is 23.8 Å². The van der Waals surface area contributed by atoms with Gasteiger partial charge in [0, 0.05) is 26.6 Å². The van der Waals surface area contributed by atoms with Crippen LogP contribution in [0.2, 0.25) is 0 Å². The monoisotopic (exact) mass is 382 g/mol. The van der Waals surface area contributed by atoms with Gasteiger partial charge >= 0.3 is 0 Å². The zero-order valence-corrected chi connectivity index (χ0v) is 15.9. The third-order valence-electron chi connectivity index (χ3n) is 4.40. The van der Waals surface area contributed by atoms with Crippen molar-refractivity contribution in [3.63, 3.8) is 0 Å². The topological polar surface area (TPSA) is 66.5 Å². The molecule has 6 heteroatoms. The van der Waals surface area contributed by atoms with E-state index in [9.17, 15) is 13.2 Å². The minimum atomic E-state index is -3.59. The number of benzene rings is 3. The molecule has 0 saturated heterocycles. The largest absolute Gasteiger partial charge is 0.341 e. The Labute approximate surface area is 159 Å². The molecule has 0 aliphatic carbocycles. The van der Waals surface area contributed by atoms with Crippen molar-refractivity contribution in [3.05, 3.63) is 78.4 Å². The molecule has 0 radical (unpaired) electrons. The molecule has 0 aromatic heterocycles. The summed E-state index contributed by atoms with van der Waals surface area (Å²) in [6.45, 7) is 0.543. The van der Waals surface area contributed by atoms with Crippen LogP contribution in [0.4, 0.5) is 0 Å². The highest BCUT2D eigenvalue weighted by atomic mass is 32.2. The maximum atomic E-state index is 12.4. The van der Waals surface area contributed by atoms with E-state index in [1.54, 1.807) is 30.1 Å². The second-order valence-corrected chi connectivity index (χ2v) is 8.12. The smallest absolute Gasteiger partial charge is 0.240 e. The molecule has 0 bridgehead atoms. The first-order chi connectivity index (χ1) is 13.0. The Hall–Kier alpha value is -2.70. The molecule has 0 aliphatic heterocycles. The van der Waals surface area contributed by atoms with Crippen molar-refractivity contribution in [3.8, 4) is 0 Å². The van der Waals surface area contributed by atoms with Crippen LogP contribution in [-0.2, 0) is 21.4 Å². The fourth-order valence-electron chi connectivity index (χ4n) is 2.94. The van der Waals surface area contributed by atoms with Gasteiger partial charge in [-0.3, -0.25) is 4.79 Å². The molecule has 0 heterocycles. The third-order valence-corrected chi connectivity index (χ3v) is 5.87. The van der Waals surface area contributed by atoms with Gasteiger partial charge in [0.2, 0.25) is 15.9 Å². The van der Waals surface area contributed by atoms with E-state index in [2.05, 4.69) is 4.72 Å². The molecule has 0 saturated carbocycles. The zero-order valence-electron chi connectivity index (χ0n) is 15.1. The molecular formula is C21H22N2O3S. The van der Waals surface area contributed by atoms with Crippen molar-refractivity contribution in [2.24, 2.45) is 0 Å². The van der Waals surface area contributed by atoms with Gasteiger partial charge in [0.25, 0.3) is 0 Å². The predicted octanol–water partition coefficient (Wildman–Crippen LogP) is 3.17. The minimum absolute atomic E-state index is 0.0654. The normalized spacial score (nSPS) is 11.4. The van der Waals surface area contributed by atoms with Crippen molar-refractivity contribution >= 4 is 26.7 Å². The molecule has 0 aliphatic rings. The van der Waals surface area contributed by atoms with Crippen LogP contribution in [0.5, 0.6) is 0 Å². The lowest BCUT2D eigenvalue weighted by molar-refractivity contribution is -0.130. The molecular weight excluding hydrogens is 360 g/mol. The standard InChI is InChI=1S/C21H22N2O3S/c1-23(16-18-10-7-9-17-8-5-6-13-20(17)18)21(24)14-15-22-27(25,26)19-11-3-2-4-12-19/h2-13,22H,14-16H2,1H3. The molecule has 3 rings (SSSR count). The number of fused-ring (bicyclic) bond motifs is 1. The summed E-state index contributed by atoms with van der Waals surface area (Å²) in [5.41, 5.74) is 1.06. The summed E-state index contributed by atoms with van der Waals surface area (Å²) in [6, 6.07) is 22.2. The quantitative estimate of drug-likeness (QED) is 0.683. The van der Waals surface area contributed by atoms with Crippen LogP contribution >= 0.6 is 0 Å². The molecule has 0 unspecified atom stereocenters. The summed E-state index contributed by atoms with van der Waals surface area (Å²) in [4.78, 5) is 14.2. The number of nitrogens with one attached hydrogen (secondary N) is 1. The van der Waals surface area contributed by atoms with Crippen molar-refractivity contribution in [1.29, 1.82) is 0 Å². The van der Waals surface area contributed by atoms with Gasteiger partial charge in [0.05, 0.1) is 4.90 Å². The van der Waals surface area contributed by atoms with Crippen LogP contribution < -0.4 is 4.72 Å². The number of nitrogens with zero attached hydrogens (tertiary/aromatic N) is 1. The fraction of sp³-hybridized carbons (Fsp3) is 0.190. The Balaban J connectivity index is 1.58. The minimum Gasteiger partial charge on any atom is -0.341 e. The van der Waals surface area contributed by atoms with Crippen molar-refractivity contribution in [1.82, 2.24) is 9.62 Å². The number of carbonyl (C=O) groups excluding carboxylic acids is 1. The molecule has 1 N–H and O–H groups in total. The third kappa shape index (κ3) is 4.72. The Bertz CT molecular complexity index is 1030. The molecule has 27 heavy (non-hydrogen) atoms. The van der Waals surface area contributed by atoms with Gasteiger partial charge in [0.1, 0.15) is 0 Å². The predicted molar refractivity (Wildman–Crippen MR) is 107 cm³/mol. The fourth-order valence-corrected chi connectivity index (χ4v) is 3.99. The summed E-state index contributed by atoms with van der Waals surface area (Å²) in [5, 5.41) is 2.25. The molecule has 5 nitrogen and oxygen atoms in total. The lowest BCUT2D eigenvalue weighted by atomic mass is 10.0. The van der Waals surface area contributed by atoms with Gasteiger partial charge in [-0.05, 0) is 28.5 Å². The number of hydrogen-bond donors (Lipinski definition) is 1. The number of carbonyl (C=O) groups is 1. The maximum Gasteiger partial charge on any atom is 0.240 e. The van der Waals surface area contributed by atoms with Crippen LogP contribution in [0.1, 0.15) is 12.0 Å². The summed E-state index contributed by atoms with van der Waals surface area (Å²) in [6.07, 6.45) is 0.104. The summed E-state index contributed by atoms with van der Waals surface area (Å²) in [7, 11) is -1.86. The van der Waals surface area contributed by atoms with E-state index >= 15 is 0 Å². The first-order valence-corrected chi connectivity index (χ1v) is 10.2. The zero-order chi connectivity index (χ0) is 19.3. The molecule has 3 aromatic rings. The van der Waals surface area contributed by atoms with Gasteiger partial charge in [0.15, 0.2) is 0 Å². The van der Waals surface area contributed by atoms with Crippen LogP contribution in [0.15, 0.2) is 77.7 Å². The second-order valence-electron chi connectivity index (χ2n) is 6.35. The van der Waals surface area contributed by atoms with Crippen LogP contribution in [0.3, 0.4) is 0 Å². The van der Waals surface area contributed by atoms with Gasteiger partial charge in [-0.1, -0.05) is 60.7 Å². The van der Waals surface area contributed by atoms with Gasteiger partial charge in [-0.2, -0.15) is 0 Å². The first-order valence-electron chi connectivity index (χ1n) is 8.73. The Morgan fingerprint density at radius 1 is 0.926 bits per heavy atom. The Morgan fingerprint density at radius 3 is 2.37 bits per heavy atom. The summed E-state index contributed by atoms with van der Waals surface area (Å²) >= 11 is 0. The van der Waals surface area contributed by atoms with Crippen LogP contribution in [-0.4, -0.2) is 32.8 Å². The summed E-state index contributed by atoms with van der Waals surface area (Å²) < 4.78 is 26.8. The van der Waals surface area contributed by atoms with E-state index in [1.807, 2.05) is 42.5 Å². The summed E-state index contributed by atoms with van der Waals surface area (Å²) in [5.74, 6) is -0.112. The second kappa shape index (κ2) is 8.33. The lowest BCUT2D eigenvalue weighted by Gasteiger charge is -2.18. The highest BCUT2D eigenvalue weighted by Crippen LogP contribution is 2.19. The van der Waals surface area contributed by atoms with E-state index in [1.165, 1.54) is 12.1 Å². The van der Waals surface area contributed by atoms with Crippen molar-refractivity contribution in [2.45, 2.75) is 17.9 Å². The number of amides is 1. The Kier molecular flexibility index (Phi) is 5.88. The highest BCUT2D eigenvalue weighted by Gasteiger charge is 2.15. The molecule has 140 valence electrons. The van der Waals surface area contributed by atoms with E-state index < -0.39 is 10.0 Å². The van der Waals surface area contributed by atoms with Crippen LogP contribution in [0, 0.1) is 0 Å². The van der Waals surface area contributed by atoms with Crippen molar-refractivity contribution < 1.29 is 13.2 Å². The maximum absolute atomic E-state index is 12.4. The van der Waals surface area contributed by atoms with Crippen LogP contribution in [0.25, 0.3) is 10.8 Å². The molecule has 0 atom stereocenters. The number of hydrogen-bond acceptors (Lipinski definition) is 3. The first kappa shape index (κ1) is 19.1. The van der Waals surface area contributed by atoms with Gasteiger partial charge < -0.3 is 4.90 Å². The molecule has 0 spiro atoms. The van der Waals surface area contributed by atoms with E-state index in [0.717, 1.165) is 16.3 Å². The van der Waals surface area contributed by atoms with Gasteiger partial charge in [-0.25, -0.2) is 13.1 Å². The average molecular weight is 382 g/mol. The number of sulfonamides is 1. The molecule has 1 amide bonds. The SMILES string of the molecule is CN(Cc1cccc2ccccc12)C(=O)CCNS(=O)(=O)c1ccccc1. The number of rotatable bonds is 7. The average Bonchev–Trinajstić information content (AvgIpc) is 2.68. The molecule has 3 aromatic carbocycles.